The van der Waals surface area contributed by atoms with Gasteiger partial charge in [0.2, 0.25) is 28.7 Å². The molecule has 0 aliphatic carbocycles. The van der Waals surface area contributed by atoms with Crippen LogP contribution in [0.25, 0.3) is 22.3 Å². The van der Waals surface area contributed by atoms with Gasteiger partial charge in [0.1, 0.15) is 72.5 Å². The van der Waals surface area contributed by atoms with Crippen molar-refractivity contribution in [2.45, 2.75) is 116 Å². The average molecular weight is 1660 g/mol. The first-order chi connectivity index (χ1) is 48.7. The number of hydrogen-bond acceptors (Lipinski definition) is 35. The molecule has 2 fully saturated rings. The third-order valence-corrected chi connectivity index (χ3v) is 22.1. The van der Waals surface area contributed by atoms with Gasteiger partial charge in [-0.3, -0.25) is 60.2 Å². The minimum Gasteiger partial charge on any atom is -0.386 e. The summed E-state index contributed by atoms with van der Waals surface area (Å²) in [6, 6.07) is 0. The normalized spacial score (nSPS) is 22.5. The van der Waals surface area contributed by atoms with E-state index in [-0.39, 0.29) is 77.5 Å². The number of carbonyl (C=O) groups is 5. The molecule has 4 aromatic rings. The van der Waals surface area contributed by atoms with Crippen molar-refractivity contribution in [1.82, 2.24) is 60.3 Å². The summed E-state index contributed by atoms with van der Waals surface area (Å²) < 4.78 is 124. The van der Waals surface area contributed by atoms with Crippen LogP contribution < -0.4 is 32.7 Å². The van der Waals surface area contributed by atoms with E-state index < -0.39 is 163 Å². The number of aliphatic hydroxyl groups excluding tert-OH is 4. The Morgan fingerprint density at radius 1 is 0.581 bits per heavy atom. The van der Waals surface area contributed by atoms with Gasteiger partial charge in [-0.25, -0.2) is 57.3 Å². The summed E-state index contributed by atoms with van der Waals surface area (Å²) in [5, 5.41) is 52.5. The van der Waals surface area contributed by atoms with Gasteiger partial charge in [0.05, 0.1) is 39.1 Å². The molecule has 2 saturated heterocycles. The van der Waals surface area contributed by atoms with E-state index in [2.05, 4.69) is 68.8 Å². The number of allylic oxidation sites excluding steroid dienone is 2. The van der Waals surface area contributed by atoms with Crippen molar-refractivity contribution in [3.05, 3.63) is 49.6 Å². The van der Waals surface area contributed by atoms with Crippen molar-refractivity contribution >= 4 is 133 Å². The SMILES string of the molecule is C/C=C/C(=O)SCCNC(=O)CCNC(=O)C(O)C(C)(C)COP(=O)(O)OP(=O)(O)OC[C@H]1O[C@@H](n2cnc3c(N)ncnc32)[C@H](O)[C@@H]1OP(=O)(O)O.C/C=C/CSCCNC(=O)CCNC(=O)C(O)C(C)(C)COP(=O)(O)OP(=O)(O)OC[C@H]1O[C@@H](n2cnc3c(N)ncnc32)[C@H](O)[C@@H]1OP(=O)(O)O. The van der Waals surface area contributed by atoms with E-state index in [1.807, 2.05) is 19.1 Å². The van der Waals surface area contributed by atoms with Crippen molar-refractivity contribution < 1.29 is 156 Å². The van der Waals surface area contributed by atoms with Crippen LogP contribution in [0.2, 0.25) is 0 Å². The van der Waals surface area contributed by atoms with E-state index in [4.69, 9.17) is 39.0 Å². The second kappa shape index (κ2) is 39.5. The summed E-state index contributed by atoms with van der Waals surface area (Å²) in [6.07, 6.45) is -6.76. The number of nitrogens with zero attached hydrogens (tertiary/aromatic N) is 8. The highest BCUT2D eigenvalue weighted by Gasteiger charge is 2.52. The lowest BCUT2D eigenvalue weighted by Gasteiger charge is -2.30. The van der Waals surface area contributed by atoms with E-state index in [1.165, 1.54) is 33.8 Å². The average Bonchev–Trinajstić information content (AvgIpc) is 1.62. The molecule has 0 spiro atoms. The third kappa shape index (κ3) is 29.0. The standard InChI is InChI=1S/C25H40N7O17P3S.C25H42N7O16P3S/c1-4-5-16(34)53-9-8-27-15(33)6-7-28-23(37)20(36)25(2,3)11-46-52(43,44)49-51(41,42)45-10-14-19(48-50(38,39)40)18(35)24(47-14)32-13-31-17-21(26)29-12-30-22(17)32;1-4-5-9-52-10-8-27-16(33)6-7-28-23(36)20(35)25(2,3)12-45-51(42,43)48-50(40,41)44-11-15-19(47-49(37,38)39)18(34)24(46-15)32-14-31-17-21(26)29-13-30-22(17)32/h4-5,12-14,18-20,24,35-36H,6-11H2,1-3H3,(H,27,33)(H,28,37)(H,41,42)(H,43,44)(H2,26,29,30)(H2,38,39,40);4-5,13-15,18-20,24,34-35H,6-12H2,1-3H3,(H,27,33)(H,28,36)(H,40,41)(H,42,43)(H2,26,29,30)(H2,37,38,39)/b2*5-4+/t14-,18-,19-,20?,24-;15-,18-,19-,20?,24-/m11/s1. The zero-order valence-electron chi connectivity index (χ0n) is 56.3. The molecule has 0 radical (unpaired) electrons. The van der Waals surface area contributed by atoms with Gasteiger partial charge in [0, 0.05) is 67.1 Å². The Kier molecular flexibility index (Phi) is 34.1. The first kappa shape index (κ1) is 90.5. The Morgan fingerprint density at radius 3 is 1.35 bits per heavy atom. The van der Waals surface area contributed by atoms with Gasteiger partial charge >= 0.3 is 46.9 Å². The van der Waals surface area contributed by atoms with Gasteiger partial charge in [0.15, 0.2) is 35.4 Å². The van der Waals surface area contributed by atoms with Crippen LogP contribution in [0, 0.1) is 10.8 Å². The molecule has 0 bridgehead atoms. The quantitative estimate of drug-likeness (QED) is 0.0109. The Hall–Kier alpha value is -5.07. The Balaban J connectivity index is 0.000000377. The van der Waals surface area contributed by atoms with E-state index in [0.717, 1.165) is 52.0 Å². The maximum absolute atomic E-state index is 12.6. The highest BCUT2D eigenvalue weighted by Crippen LogP contribution is 2.63. The summed E-state index contributed by atoms with van der Waals surface area (Å²) in [5.41, 5.74) is 8.57. The molecule has 6 rings (SSSR count). The zero-order chi connectivity index (χ0) is 78.7. The smallest absolute Gasteiger partial charge is 0.386 e. The highest BCUT2D eigenvalue weighted by molar-refractivity contribution is 8.14. The number of phosphoric acid groups is 6. The lowest BCUT2D eigenvalue weighted by atomic mass is 9.87. The van der Waals surface area contributed by atoms with Gasteiger partial charge < -0.3 is 102 Å². The molecule has 592 valence electrons. The van der Waals surface area contributed by atoms with E-state index >= 15 is 0 Å². The molecule has 2 aliphatic rings. The molecule has 4 aromatic heterocycles. The Morgan fingerprint density at radius 2 is 0.971 bits per heavy atom. The number of imidazole rings is 2. The number of thioether (sulfide) groups is 2. The lowest BCUT2D eigenvalue weighted by molar-refractivity contribution is -0.137. The monoisotopic (exact) mass is 1660 g/mol. The number of nitrogens with two attached hydrogens (primary N) is 2. The molecule has 6 heterocycles. The van der Waals surface area contributed by atoms with Crippen LogP contribution in [0.1, 0.15) is 66.8 Å². The van der Waals surface area contributed by atoms with Crippen molar-refractivity contribution in [1.29, 1.82) is 0 Å². The topological polar surface area (TPSA) is 710 Å². The second-order valence-corrected chi connectivity index (χ2v) is 34.2. The molecule has 4 amide bonds. The molecule has 14 atom stereocenters. The van der Waals surface area contributed by atoms with Crippen LogP contribution in [0.3, 0.4) is 0 Å². The number of nitrogens with one attached hydrogen (secondary N) is 4. The zero-order valence-corrected chi connectivity index (χ0v) is 63.3. The van der Waals surface area contributed by atoms with Crippen LogP contribution in [0.4, 0.5) is 11.6 Å². The third-order valence-electron chi connectivity index (χ3n) is 14.1. The first-order valence-electron chi connectivity index (χ1n) is 30.5. The van der Waals surface area contributed by atoms with E-state index in [9.17, 15) is 111 Å². The van der Waals surface area contributed by atoms with Crippen molar-refractivity contribution in [3.8, 4) is 0 Å². The van der Waals surface area contributed by atoms with Crippen LogP contribution in [-0.2, 0) is 96.6 Å². The fourth-order valence-corrected chi connectivity index (χ4v) is 16.0. The maximum Gasteiger partial charge on any atom is 0.481 e. The molecule has 0 saturated carbocycles. The van der Waals surface area contributed by atoms with Crippen molar-refractivity contribution in [2.24, 2.45) is 10.8 Å². The number of carbonyl (C=O) groups excluding carboxylic acids is 5. The number of phosphoric ester groups is 6. The number of amides is 4. The second-order valence-electron chi connectivity index (χ2n) is 23.5. The summed E-state index contributed by atoms with van der Waals surface area (Å²) in [7, 11) is -32.7. The Labute approximate surface area is 604 Å². The summed E-state index contributed by atoms with van der Waals surface area (Å²) in [5.74, 6) is -0.925. The fourth-order valence-electron chi connectivity index (χ4n) is 8.92. The maximum atomic E-state index is 12.6. The predicted molar refractivity (Wildman–Crippen MR) is 364 cm³/mol. The molecule has 20 N–H and O–H groups in total. The van der Waals surface area contributed by atoms with Crippen LogP contribution in [-0.4, -0.2) is 246 Å². The molecule has 6 unspecified atom stereocenters. The van der Waals surface area contributed by atoms with E-state index in [0.29, 0.717) is 18.1 Å². The molecule has 0 aromatic carbocycles. The number of anilines is 2. The largest absolute Gasteiger partial charge is 0.481 e. The number of nitrogen functional groups attached to an aromatic ring is 2. The van der Waals surface area contributed by atoms with Gasteiger partial charge in [-0.2, -0.15) is 20.4 Å². The van der Waals surface area contributed by atoms with Gasteiger partial charge in [-0.05, 0) is 19.9 Å². The summed E-state index contributed by atoms with van der Waals surface area (Å²) >= 11 is 2.63. The fraction of sp³-hybridized carbons (Fsp3) is 0.620. The number of fused-ring (bicyclic) bond motifs is 2. The number of aliphatic hydroxyl groups is 4. The van der Waals surface area contributed by atoms with Gasteiger partial charge in [-0.15, -0.1) is 0 Å². The summed E-state index contributed by atoms with van der Waals surface area (Å²) in [4.78, 5) is 162. The van der Waals surface area contributed by atoms with Crippen molar-refractivity contribution in [3.63, 3.8) is 0 Å². The summed E-state index contributed by atoms with van der Waals surface area (Å²) in [6.45, 7) is 4.95. The molecule has 105 heavy (non-hydrogen) atoms. The first-order valence-corrected chi connectivity index (χ1v) is 41.7. The molecule has 47 nitrogen and oxygen atoms in total. The highest BCUT2D eigenvalue weighted by atomic mass is 32.2. The van der Waals surface area contributed by atoms with E-state index in [1.54, 1.807) is 24.8 Å². The van der Waals surface area contributed by atoms with Crippen molar-refractivity contribution in [2.75, 3.05) is 81.3 Å². The number of ether oxygens (including phenoxy) is 2. The molecular weight excluding hydrogens is 1570 g/mol. The lowest BCUT2D eigenvalue weighted by Crippen LogP contribution is -2.46. The predicted octanol–water partition coefficient (Wildman–Crippen LogP) is -1.04. The van der Waals surface area contributed by atoms with Gasteiger partial charge in [-0.1, -0.05) is 57.7 Å². The number of hydrogen-bond donors (Lipinski definition) is 18. The van der Waals surface area contributed by atoms with Crippen LogP contribution >= 0.6 is 70.5 Å². The van der Waals surface area contributed by atoms with Crippen LogP contribution in [0.15, 0.2) is 49.6 Å². The molecule has 55 heteroatoms. The molecule has 2 aliphatic heterocycles. The van der Waals surface area contributed by atoms with Crippen LogP contribution in [0.5, 0.6) is 0 Å². The molecular formula is C50H82N14O33P6S2. The number of aromatic nitrogens is 8. The Bertz CT molecular complexity index is 4000. The minimum atomic E-state index is -5.56. The number of rotatable bonds is 41. The minimum absolute atomic E-state index is 0.0300. The van der Waals surface area contributed by atoms with Gasteiger partial charge in [0.25, 0.3) is 0 Å².